The molecule has 0 amide bonds. The molecule has 0 atom stereocenters. The molecule has 6 heteroatoms. The van der Waals surface area contributed by atoms with Gasteiger partial charge in [-0.25, -0.2) is 9.07 Å². The van der Waals surface area contributed by atoms with Crippen LogP contribution in [0.3, 0.4) is 0 Å². The van der Waals surface area contributed by atoms with Gasteiger partial charge in [-0.1, -0.05) is 37.9 Å². The van der Waals surface area contributed by atoms with Crippen molar-refractivity contribution >= 4 is 37.5 Å². The van der Waals surface area contributed by atoms with E-state index < -0.39 is 0 Å². The van der Waals surface area contributed by atoms with Crippen LogP contribution in [-0.4, -0.2) is 9.78 Å². The number of halogens is 3. The van der Waals surface area contributed by atoms with Gasteiger partial charge in [-0.05, 0) is 36.4 Å². The fourth-order valence-electron chi connectivity index (χ4n) is 2.03. The zero-order valence-corrected chi connectivity index (χ0v) is 13.9. The maximum Gasteiger partial charge on any atom is 0.132 e. The minimum atomic E-state index is -0.357. The second-order valence-corrected chi connectivity index (χ2v) is 6.31. The third-order valence-electron chi connectivity index (χ3n) is 3.00. The zero-order valence-electron chi connectivity index (χ0n) is 10.7. The molecule has 2 N–H and O–H groups in total. The summed E-state index contributed by atoms with van der Waals surface area (Å²) >= 11 is 6.74. The maximum atomic E-state index is 14.0. The lowest BCUT2D eigenvalue weighted by Gasteiger charge is -2.03. The zero-order chi connectivity index (χ0) is 15.0. The summed E-state index contributed by atoms with van der Waals surface area (Å²) in [7, 11) is 0. The van der Waals surface area contributed by atoms with Crippen LogP contribution < -0.4 is 5.73 Å². The molecule has 1 aromatic heterocycles. The molecule has 0 saturated carbocycles. The van der Waals surface area contributed by atoms with Gasteiger partial charge in [0.05, 0.1) is 17.6 Å². The van der Waals surface area contributed by atoms with Gasteiger partial charge in [0.15, 0.2) is 0 Å². The van der Waals surface area contributed by atoms with Gasteiger partial charge in [-0.3, -0.25) is 0 Å². The highest BCUT2D eigenvalue weighted by Gasteiger charge is 2.14. The monoisotopic (exact) mass is 409 g/mol. The van der Waals surface area contributed by atoms with Crippen LogP contribution in [0.4, 0.5) is 10.1 Å². The summed E-state index contributed by atoms with van der Waals surface area (Å²) in [6, 6.07) is 12.3. The van der Waals surface area contributed by atoms with Crippen molar-refractivity contribution in [1.82, 2.24) is 9.78 Å². The molecule has 106 valence electrons. The highest BCUT2D eigenvalue weighted by molar-refractivity contribution is 9.10. The lowest BCUT2D eigenvalue weighted by atomic mass is 10.1. The van der Waals surface area contributed by atoms with Crippen LogP contribution in [0, 0.1) is 5.82 Å². The smallest absolute Gasteiger partial charge is 0.132 e. The van der Waals surface area contributed by atoms with Gasteiger partial charge < -0.3 is 5.73 Å². The van der Waals surface area contributed by atoms with Crippen LogP contribution in [0.25, 0.3) is 16.9 Å². The van der Waals surface area contributed by atoms with E-state index in [4.69, 9.17) is 5.73 Å². The topological polar surface area (TPSA) is 43.8 Å². The molecule has 0 spiro atoms. The number of nitrogens with two attached hydrogens (primary N) is 1. The summed E-state index contributed by atoms with van der Waals surface area (Å²) in [5.41, 5.74) is 8.05. The standard InChI is InChI=1S/C15H10Br2FN3/c16-9-2-1-3-11(6-9)21-8-14(19)15(20-21)12-7-10(17)4-5-13(12)18/h1-8H,19H2. The third kappa shape index (κ3) is 2.87. The van der Waals surface area contributed by atoms with Crippen LogP contribution in [0.2, 0.25) is 0 Å². The quantitative estimate of drug-likeness (QED) is 0.660. The van der Waals surface area contributed by atoms with E-state index in [2.05, 4.69) is 37.0 Å². The Balaban J connectivity index is 2.12. The van der Waals surface area contributed by atoms with Gasteiger partial charge in [-0.15, -0.1) is 0 Å². The average Bonchev–Trinajstić information content (AvgIpc) is 2.83. The van der Waals surface area contributed by atoms with Crippen LogP contribution >= 0.6 is 31.9 Å². The maximum absolute atomic E-state index is 14.0. The van der Waals surface area contributed by atoms with Gasteiger partial charge >= 0.3 is 0 Å². The van der Waals surface area contributed by atoms with Crippen molar-refractivity contribution in [2.75, 3.05) is 5.73 Å². The van der Waals surface area contributed by atoms with Crippen molar-refractivity contribution in [3.8, 4) is 16.9 Å². The summed E-state index contributed by atoms with van der Waals surface area (Å²) < 4.78 is 17.3. The van der Waals surface area contributed by atoms with Crippen molar-refractivity contribution in [1.29, 1.82) is 0 Å². The first-order valence-electron chi connectivity index (χ1n) is 6.11. The molecule has 3 rings (SSSR count). The molecule has 0 radical (unpaired) electrons. The molecule has 0 bridgehead atoms. The second-order valence-electron chi connectivity index (χ2n) is 4.48. The Morgan fingerprint density at radius 3 is 2.57 bits per heavy atom. The summed E-state index contributed by atoms with van der Waals surface area (Å²) in [4.78, 5) is 0. The molecule has 0 fully saturated rings. The molecule has 0 aliphatic rings. The van der Waals surface area contributed by atoms with Crippen molar-refractivity contribution < 1.29 is 4.39 Å². The largest absolute Gasteiger partial charge is 0.396 e. The molecule has 3 nitrogen and oxygen atoms in total. The Morgan fingerprint density at radius 2 is 1.81 bits per heavy atom. The molecule has 0 aliphatic heterocycles. The van der Waals surface area contributed by atoms with Crippen LogP contribution in [-0.2, 0) is 0 Å². The molecular formula is C15H10Br2FN3. The summed E-state index contributed by atoms with van der Waals surface area (Å²) in [5.74, 6) is -0.357. The molecule has 3 aromatic rings. The Hall–Kier alpha value is -1.66. The first kappa shape index (κ1) is 14.3. The lowest BCUT2D eigenvalue weighted by molar-refractivity contribution is 0.630. The van der Waals surface area contributed by atoms with Crippen molar-refractivity contribution in [2.45, 2.75) is 0 Å². The summed E-state index contributed by atoms with van der Waals surface area (Å²) in [6.45, 7) is 0. The Bertz CT molecular complexity index is 814. The Kier molecular flexibility index (Phi) is 3.82. The Labute approximate surface area is 137 Å². The minimum absolute atomic E-state index is 0.357. The number of benzene rings is 2. The van der Waals surface area contributed by atoms with Crippen LogP contribution in [0.1, 0.15) is 0 Å². The van der Waals surface area contributed by atoms with E-state index in [9.17, 15) is 4.39 Å². The van der Waals surface area contributed by atoms with Gasteiger partial charge in [0.25, 0.3) is 0 Å². The normalized spacial score (nSPS) is 10.8. The van der Waals surface area contributed by atoms with Crippen LogP contribution in [0.5, 0.6) is 0 Å². The number of nitrogens with zero attached hydrogens (tertiary/aromatic N) is 2. The SMILES string of the molecule is Nc1cn(-c2cccc(Br)c2)nc1-c1cc(Br)ccc1F. The fourth-order valence-corrected chi connectivity index (χ4v) is 2.77. The van der Waals surface area contributed by atoms with Gasteiger partial charge in [0, 0.05) is 14.5 Å². The highest BCUT2D eigenvalue weighted by Crippen LogP contribution is 2.30. The number of aromatic nitrogens is 2. The van der Waals surface area contributed by atoms with E-state index in [1.54, 1.807) is 23.0 Å². The van der Waals surface area contributed by atoms with E-state index in [0.29, 0.717) is 16.9 Å². The van der Waals surface area contributed by atoms with Crippen LogP contribution in [0.15, 0.2) is 57.6 Å². The third-order valence-corrected chi connectivity index (χ3v) is 3.99. The molecule has 1 heterocycles. The number of rotatable bonds is 2. The fraction of sp³-hybridized carbons (Fsp3) is 0. The van der Waals surface area contributed by atoms with E-state index in [0.717, 1.165) is 14.6 Å². The number of anilines is 1. The molecule has 0 unspecified atom stereocenters. The van der Waals surface area contributed by atoms with E-state index in [1.165, 1.54) is 6.07 Å². The number of hydrogen-bond acceptors (Lipinski definition) is 2. The second kappa shape index (κ2) is 5.61. The predicted octanol–water partition coefficient (Wildman–Crippen LogP) is 4.79. The molecule has 2 aromatic carbocycles. The highest BCUT2D eigenvalue weighted by atomic mass is 79.9. The van der Waals surface area contributed by atoms with Gasteiger partial charge in [0.2, 0.25) is 0 Å². The van der Waals surface area contributed by atoms with E-state index in [-0.39, 0.29) is 5.82 Å². The molecule has 21 heavy (non-hydrogen) atoms. The number of hydrogen-bond donors (Lipinski definition) is 1. The molecule has 0 saturated heterocycles. The first-order chi connectivity index (χ1) is 10.0. The summed E-state index contributed by atoms with van der Waals surface area (Å²) in [6.07, 6.45) is 1.68. The van der Waals surface area contributed by atoms with Gasteiger partial charge in [-0.2, -0.15) is 5.10 Å². The first-order valence-corrected chi connectivity index (χ1v) is 7.70. The van der Waals surface area contributed by atoms with Gasteiger partial charge in [0.1, 0.15) is 11.5 Å². The van der Waals surface area contributed by atoms with E-state index in [1.807, 2.05) is 24.3 Å². The van der Waals surface area contributed by atoms with E-state index >= 15 is 0 Å². The van der Waals surface area contributed by atoms with Crippen molar-refractivity contribution in [3.63, 3.8) is 0 Å². The lowest BCUT2D eigenvalue weighted by Crippen LogP contribution is -1.95. The predicted molar refractivity (Wildman–Crippen MR) is 88.8 cm³/mol. The molecular weight excluding hydrogens is 401 g/mol. The minimum Gasteiger partial charge on any atom is -0.396 e. The van der Waals surface area contributed by atoms with Crippen molar-refractivity contribution in [2.24, 2.45) is 0 Å². The average molecular weight is 411 g/mol. The summed E-state index contributed by atoms with van der Waals surface area (Å²) in [5, 5.41) is 4.40. The molecule has 0 aliphatic carbocycles. The number of nitrogen functional groups attached to an aromatic ring is 1. The van der Waals surface area contributed by atoms with Crippen molar-refractivity contribution in [3.05, 3.63) is 63.4 Å². The Morgan fingerprint density at radius 1 is 1.05 bits per heavy atom.